The molecule has 6 nitrogen and oxygen atoms in total. The van der Waals surface area contributed by atoms with Gasteiger partial charge in [-0.3, -0.25) is 5.10 Å². The molecule has 0 saturated heterocycles. The Labute approximate surface area is 76.0 Å². The van der Waals surface area contributed by atoms with Crippen LogP contribution >= 0.6 is 0 Å². The number of hydrogen-bond acceptors (Lipinski definition) is 4. The highest BCUT2D eigenvalue weighted by Gasteiger charge is 2.14. The van der Waals surface area contributed by atoms with Crippen LogP contribution in [-0.4, -0.2) is 36.4 Å². The minimum atomic E-state index is -3.52. The minimum absolute atomic E-state index is 0.00644. The van der Waals surface area contributed by atoms with Crippen LogP contribution in [0.4, 0.5) is 0 Å². The summed E-state index contributed by atoms with van der Waals surface area (Å²) in [6.45, 7) is 1.49. The quantitative estimate of drug-likeness (QED) is 0.591. The number of hydrogen-bond donors (Lipinski definition) is 3. The van der Waals surface area contributed by atoms with Gasteiger partial charge in [0.15, 0.2) is 0 Å². The van der Waals surface area contributed by atoms with Gasteiger partial charge in [-0.25, -0.2) is 13.1 Å². The lowest BCUT2D eigenvalue weighted by molar-refractivity contribution is 0.198. The fourth-order valence-corrected chi connectivity index (χ4v) is 1.73. The van der Waals surface area contributed by atoms with Gasteiger partial charge in [0, 0.05) is 12.7 Å². The topological polar surface area (TPSA) is 95.1 Å². The molecule has 0 aliphatic carbocycles. The number of aliphatic hydroxyl groups is 1. The van der Waals surface area contributed by atoms with Gasteiger partial charge >= 0.3 is 0 Å². The maximum absolute atomic E-state index is 11.3. The highest BCUT2D eigenvalue weighted by molar-refractivity contribution is 7.89. The smallest absolute Gasteiger partial charge is 0.243 e. The molecule has 1 atom stereocenters. The molecular weight excluding hydrogens is 194 g/mol. The second-order valence-corrected chi connectivity index (χ2v) is 4.40. The number of aromatic amines is 1. The number of sulfonamides is 1. The Morgan fingerprint density at radius 2 is 2.46 bits per heavy atom. The maximum Gasteiger partial charge on any atom is 0.243 e. The van der Waals surface area contributed by atoms with Crippen LogP contribution in [-0.2, 0) is 10.0 Å². The van der Waals surface area contributed by atoms with Crippen LogP contribution in [0.2, 0.25) is 0 Å². The van der Waals surface area contributed by atoms with E-state index in [9.17, 15) is 8.42 Å². The van der Waals surface area contributed by atoms with Crippen molar-refractivity contribution < 1.29 is 13.5 Å². The standard InChI is InChI=1S/C6H11N3O3S/c1-5(10)2-9-13(11,12)6-3-7-8-4-6/h3-5,9-10H,2H2,1H3,(H,7,8)/t5-/m1/s1. The minimum Gasteiger partial charge on any atom is -0.392 e. The lowest BCUT2D eigenvalue weighted by Crippen LogP contribution is -2.30. The Morgan fingerprint density at radius 1 is 1.77 bits per heavy atom. The SMILES string of the molecule is C[C@@H](O)CNS(=O)(=O)c1cn[nH]c1. The number of nitrogens with one attached hydrogen (secondary N) is 2. The van der Waals surface area contributed by atoms with Crippen LogP contribution in [0.25, 0.3) is 0 Å². The monoisotopic (exact) mass is 205 g/mol. The summed E-state index contributed by atoms with van der Waals surface area (Å²) < 4.78 is 24.9. The summed E-state index contributed by atoms with van der Waals surface area (Å²) in [7, 11) is -3.52. The fourth-order valence-electron chi connectivity index (χ4n) is 0.700. The van der Waals surface area contributed by atoms with Crippen molar-refractivity contribution in [1.82, 2.24) is 14.9 Å². The molecule has 0 amide bonds. The van der Waals surface area contributed by atoms with Crippen molar-refractivity contribution in [3.8, 4) is 0 Å². The predicted octanol–water partition coefficient (Wildman–Crippen LogP) is -0.931. The molecule has 0 fully saturated rings. The lowest BCUT2D eigenvalue weighted by Gasteiger charge is -2.05. The second kappa shape index (κ2) is 3.86. The van der Waals surface area contributed by atoms with Gasteiger partial charge in [-0.2, -0.15) is 5.10 Å². The summed E-state index contributed by atoms with van der Waals surface area (Å²) in [6.07, 6.45) is 1.76. The van der Waals surface area contributed by atoms with E-state index in [4.69, 9.17) is 5.11 Å². The molecule has 1 aromatic heterocycles. The van der Waals surface area contributed by atoms with Crippen molar-refractivity contribution in [2.24, 2.45) is 0 Å². The van der Waals surface area contributed by atoms with E-state index in [2.05, 4.69) is 14.9 Å². The zero-order valence-electron chi connectivity index (χ0n) is 7.06. The molecule has 0 radical (unpaired) electrons. The van der Waals surface area contributed by atoms with E-state index in [0.29, 0.717) is 0 Å². The molecule has 0 aliphatic rings. The second-order valence-electron chi connectivity index (χ2n) is 2.63. The Kier molecular flexibility index (Phi) is 3.02. The van der Waals surface area contributed by atoms with Crippen LogP contribution in [0.15, 0.2) is 17.3 Å². The summed E-state index contributed by atoms with van der Waals surface area (Å²) in [6, 6.07) is 0. The van der Waals surface area contributed by atoms with Gasteiger partial charge in [-0.15, -0.1) is 0 Å². The number of H-pyrrole nitrogens is 1. The van der Waals surface area contributed by atoms with Crippen molar-refractivity contribution in [2.75, 3.05) is 6.54 Å². The molecule has 0 bridgehead atoms. The first-order chi connectivity index (χ1) is 6.02. The number of nitrogens with zero attached hydrogens (tertiary/aromatic N) is 1. The van der Waals surface area contributed by atoms with Crippen LogP contribution in [0, 0.1) is 0 Å². The molecule has 1 aromatic rings. The zero-order chi connectivity index (χ0) is 9.90. The van der Waals surface area contributed by atoms with Crippen LogP contribution in [0.1, 0.15) is 6.92 Å². The average Bonchev–Trinajstić information content (AvgIpc) is 2.53. The maximum atomic E-state index is 11.3. The van der Waals surface area contributed by atoms with Gasteiger partial charge in [0.05, 0.1) is 12.3 Å². The first kappa shape index (κ1) is 10.2. The Hall–Kier alpha value is -0.920. The Morgan fingerprint density at radius 3 is 2.92 bits per heavy atom. The molecular formula is C6H11N3O3S. The molecule has 74 valence electrons. The number of rotatable bonds is 4. The lowest BCUT2D eigenvalue weighted by atomic mass is 10.4. The van der Waals surface area contributed by atoms with Gasteiger partial charge < -0.3 is 5.11 Å². The van der Waals surface area contributed by atoms with Crippen LogP contribution in [0.5, 0.6) is 0 Å². The predicted molar refractivity (Wildman–Crippen MR) is 45.5 cm³/mol. The molecule has 1 heterocycles. The molecule has 0 saturated carbocycles. The Bertz CT molecular complexity index is 343. The van der Waals surface area contributed by atoms with E-state index >= 15 is 0 Å². The van der Waals surface area contributed by atoms with Gasteiger partial charge in [0.25, 0.3) is 0 Å². The zero-order valence-corrected chi connectivity index (χ0v) is 7.87. The van der Waals surface area contributed by atoms with E-state index in [1.54, 1.807) is 0 Å². The molecule has 0 unspecified atom stereocenters. The van der Waals surface area contributed by atoms with E-state index in [1.165, 1.54) is 19.3 Å². The summed E-state index contributed by atoms with van der Waals surface area (Å²) >= 11 is 0. The largest absolute Gasteiger partial charge is 0.392 e. The highest BCUT2D eigenvalue weighted by Crippen LogP contribution is 2.03. The Balaban J connectivity index is 2.68. The highest BCUT2D eigenvalue weighted by atomic mass is 32.2. The van der Waals surface area contributed by atoms with Crippen LogP contribution < -0.4 is 4.72 Å². The molecule has 0 aromatic carbocycles. The van der Waals surface area contributed by atoms with E-state index in [1.807, 2.05) is 0 Å². The molecule has 7 heteroatoms. The van der Waals surface area contributed by atoms with E-state index < -0.39 is 16.1 Å². The van der Waals surface area contributed by atoms with Gasteiger partial charge in [0.1, 0.15) is 4.90 Å². The van der Waals surface area contributed by atoms with Crippen molar-refractivity contribution in [3.63, 3.8) is 0 Å². The van der Waals surface area contributed by atoms with Crippen molar-refractivity contribution in [2.45, 2.75) is 17.9 Å². The third-order valence-corrected chi connectivity index (χ3v) is 2.74. The van der Waals surface area contributed by atoms with Gasteiger partial charge in [-0.1, -0.05) is 0 Å². The third kappa shape index (κ3) is 2.79. The van der Waals surface area contributed by atoms with Gasteiger partial charge in [0.2, 0.25) is 10.0 Å². The summed E-state index contributed by atoms with van der Waals surface area (Å²) in [5, 5.41) is 14.8. The number of aromatic nitrogens is 2. The molecule has 0 spiro atoms. The van der Waals surface area contributed by atoms with Gasteiger partial charge in [-0.05, 0) is 6.92 Å². The first-order valence-electron chi connectivity index (χ1n) is 3.69. The normalized spacial score (nSPS) is 14.3. The third-order valence-electron chi connectivity index (χ3n) is 1.35. The fraction of sp³-hybridized carbons (Fsp3) is 0.500. The van der Waals surface area contributed by atoms with Crippen molar-refractivity contribution >= 4 is 10.0 Å². The summed E-state index contributed by atoms with van der Waals surface area (Å²) in [5.74, 6) is 0. The molecule has 0 aliphatic heterocycles. The van der Waals surface area contributed by atoms with E-state index in [-0.39, 0.29) is 11.4 Å². The molecule has 3 N–H and O–H groups in total. The molecule has 13 heavy (non-hydrogen) atoms. The summed E-state index contributed by atoms with van der Waals surface area (Å²) in [4.78, 5) is 0.0631. The van der Waals surface area contributed by atoms with Crippen molar-refractivity contribution in [3.05, 3.63) is 12.4 Å². The molecule has 1 rings (SSSR count). The van der Waals surface area contributed by atoms with Crippen molar-refractivity contribution in [1.29, 1.82) is 0 Å². The average molecular weight is 205 g/mol. The van der Waals surface area contributed by atoms with Crippen LogP contribution in [0.3, 0.4) is 0 Å². The number of aliphatic hydroxyl groups excluding tert-OH is 1. The first-order valence-corrected chi connectivity index (χ1v) is 5.17. The summed E-state index contributed by atoms with van der Waals surface area (Å²) in [5.41, 5.74) is 0. The van der Waals surface area contributed by atoms with E-state index in [0.717, 1.165) is 0 Å².